The van der Waals surface area contributed by atoms with Crippen molar-refractivity contribution in [2.75, 3.05) is 38.0 Å². The Hall–Kier alpha value is -3.06. The van der Waals surface area contributed by atoms with Gasteiger partial charge in [0.1, 0.15) is 5.75 Å². The van der Waals surface area contributed by atoms with Crippen molar-refractivity contribution in [3.05, 3.63) is 54.1 Å². The van der Waals surface area contributed by atoms with E-state index in [1.54, 1.807) is 14.2 Å². The van der Waals surface area contributed by atoms with E-state index in [1.165, 1.54) is 0 Å². The first kappa shape index (κ1) is 24.2. The van der Waals surface area contributed by atoms with Crippen molar-refractivity contribution in [3.63, 3.8) is 0 Å². The van der Waals surface area contributed by atoms with Gasteiger partial charge in [-0.15, -0.1) is 0 Å². The summed E-state index contributed by atoms with van der Waals surface area (Å²) in [5.41, 5.74) is 2.72. The SMILES string of the molecule is CCC(C)C(=O)Nc1cccc(CNC(=NC)Nc2cccc(OCCCOC)c2)c1. The third-order valence-electron chi connectivity index (χ3n) is 4.80. The highest BCUT2D eigenvalue weighted by atomic mass is 16.5. The van der Waals surface area contributed by atoms with Crippen molar-refractivity contribution in [3.8, 4) is 5.75 Å². The first-order chi connectivity index (χ1) is 15.0. The van der Waals surface area contributed by atoms with Gasteiger partial charge in [0.15, 0.2) is 5.96 Å². The molecular formula is C24H34N4O3. The van der Waals surface area contributed by atoms with Crippen LogP contribution in [0.3, 0.4) is 0 Å². The molecule has 0 aliphatic rings. The Morgan fingerprint density at radius 3 is 2.52 bits per heavy atom. The number of hydrogen-bond acceptors (Lipinski definition) is 4. The van der Waals surface area contributed by atoms with E-state index < -0.39 is 0 Å². The molecule has 1 atom stereocenters. The minimum Gasteiger partial charge on any atom is -0.493 e. The monoisotopic (exact) mass is 426 g/mol. The number of amides is 1. The Morgan fingerprint density at radius 1 is 1.06 bits per heavy atom. The third kappa shape index (κ3) is 8.68. The van der Waals surface area contributed by atoms with Crippen LogP contribution in [0.2, 0.25) is 0 Å². The quantitative estimate of drug-likeness (QED) is 0.284. The van der Waals surface area contributed by atoms with Crippen LogP contribution in [0.4, 0.5) is 11.4 Å². The van der Waals surface area contributed by atoms with Crippen molar-refractivity contribution < 1.29 is 14.3 Å². The van der Waals surface area contributed by atoms with Crippen LogP contribution in [0.25, 0.3) is 0 Å². The number of benzene rings is 2. The molecule has 3 N–H and O–H groups in total. The van der Waals surface area contributed by atoms with E-state index >= 15 is 0 Å². The van der Waals surface area contributed by atoms with Gasteiger partial charge in [0, 0.05) is 57.1 Å². The zero-order valence-corrected chi connectivity index (χ0v) is 18.9. The average molecular weight is 427 g/mol. The second-order valence-corrected chi connectivity index (χ2v) is 7.27. The minimum atomic E-state index is -0.00969. The van der Waals surface area contributed by atoms with Gasteiger partial charge < -0.3 is 25.4 Å². The van der Waals surface area contributed by atoms with Crippen LogP contribution in [0.1, 0.15) is 32.3 Å². The number of carbonyl (C=O) groups is 1. The molecule has 2 aromatic rings. The van der Waals surface area contributed by atoms with E-state index in [0.29, 0.717) is 25.7 Å². The van der Waals surface area contributed by atoms with Gasteiger partial charge in [0.2, 0.25) is 5.91 Å². The lowest BCUT2D eigenvalue weighted by atomic mass is 10.1. The van der Waals surface area contributed by atoms with Gasteiger partial charge >= 0.3 is 0 Å². The summed E-state index contributed by atoms with van der Waals surface area (Å²) in [6.07, 6.45) is 1.66. The van der Waals surface area contributed by atoms with Gasteiger partial charge in [-0.3, -0.25) is 9.79 Å². The van der Waals surface area contributed by atoms with Crippen molar-refractivity contribution in [1.82, 2.24) is 5.32 Å². The van der Waals surface area contributed by atoms with E-state index in [-0.39, 0.29) is 11.8 Å². The molecule has 0 fully saturated rings. The van der Waals surface area contributed by atoms with Crippen molar-refractivity contribution in [2.24, 2.45) is 10.9 Å². The second kappa shape index (κ2) is 13.3. The molecule has 0 aliphatic heterocycles. The fourth-order valence-electron chi connectivity index (χ4n) is 2.77. The normalized spacial score (nSPS) is 12.2. The Bertz CT molecular complexity index is 854. The molecule has 0 saturated heterocycles. The maximum atomic E-state index is 12.1. The number of nitrogens with one attached hydrogen (secondary N) is 3. The predicted octanol–water partition coefficient (Wildman–Crippen LogP) is 4.27. The first-order valence-corrected chi connectivity index (χ1v) is 10.6. The molecule has 31 heavy (non-hydrogen) atoms. The number of carbonyl (C=O) groups excluding carboxylic acids is 1. The number of aliphatic imine (C=N–C) groups is 1. The standard InChI is InChI=1S/C24H34N4O3/c1-5-18(2)23(29)27-20-10-6-9-19(15-20)17-26-24(25-3)28-21-11-7-12-22(16-21)31-14-8-13-30-4/h6-7,9-12,15-16,18H,5,8,13-14,17H2,1-4H3,(H,27,29)(H2,25,26,28). The Balaban J connectivity index is 1.90. The maximum Gasteiger partial charge on any atom is 0.227 e. The maximum absolute atomic E-state index is 12.1. The minimum absolute atomic E-state index is 0.00969. The zero-order chi connectivity index (χ0) is 22.5. The number of hydrogen-bond donors (Lipinski definition) is 3. The Morgan fingerprint density at radius 2 is 1.81 bits per heavy atom. The van der Waals surface area contributed by atoms with Gasteiger partial charge in [-0.05, 0) is 36.2 Å². The molecule has 0 spiro atoms. The van der Waals surface area contributed by atoms with Gasteiger partial charge in [-0.25, -0.2) is 0 Å². The number of methoxy groups -OCH3 is 1. The predicted molar refractivity (Wildman–Crippen MR) is 127 cm³/mol. The van der Waals surface area contributed by atoms with Crippen molar-refractivity contribution in [2.45, 2.75) is 33.2 Å². The zero-order valence-electron chi connectivity index (χ0n) is 18.9. The highest BCUT2D eigenvalue weighted by Crippen LogP contribution is 2.18. The van der Waals surface area contributed by atoms with Crippen LogP contribution in [0.15, 0.2) is 53.5 Å². The summed E-state index contributed by atoms with van der Waals surface area (Å²) in [6.45, 7) is 5.79. The number of nitrogens with zero attached hydrogens (tertiary/aromatic N) is 1. The fourth-order valence-corrected chi connectivity index (χ4v) is 2.77. The lowest BCUT2D eigenvalue weighted by Crippen LogP contribution is -2.30. The Kier molecular flexibility index (Phi) is 10.4. The van der Waals surface area contributed by atoms with E-state index in [9.17, 15) is 4.79 Å². The van der Waals surface area contributed by atoms with E-state index in [1.807, 2.05) is 62.4 Å². The summed E-state index contributed by atoms with van der Waals surface area (Å²) in [7, 11) is 3.41. The van der Waals surface area contributed by atoms with Crippen LogP contribution >= 0.6 is 0 Å². The fraction of sp³-hybridized carbons (Fsp3) is 0.417. The summed E-state index contributed by atoms with van der Waals surface area (Å²) in [6, 6.07) is 15.6. The van der Waals surface area contributed by atoms with Crippen LogP contribution < -0.4 is 20.7 Å². The summed E-state index contributed by atoms with van der Waals surface area (Å²) in [5, 5.41) is 9.54. The molecule has 1 unspecified atom stereocenters. The van der Waals surface area contributed by atoms with Gasteiger partial charge in [-0.2, -0.15) is 0 Å². The summed E-state index contributed by atoms with van der Waals surface area (Å²) in [4.78, 5) is 16.4. The molecule has 7 heteroatoms. The summed E-state index contributed by atoms with van der Waals surface area (Å²) in [5.74, 6) is 1.46. The molecule has 0 bridgehead atoms. The highest BCUT2D eigenvalue weighted by Gasteiger charge is 2.10. The Labute approximate surface area is 185 Å². The van der Waals surface area contributed by atoms with Crippen LogP contribution in [0.5, 0.6) is 5.75 Å². The number of guanidine groups is 1. The molecule has 0 aliphatic carbocycles. The topological polar surface area (TPSA) is 84.0 Å². The van der Waals surface area contributed by atoms with E-state index in [0.717, 1.165) is 35.5 Å². The van der Waals surface area contributed by atoms with E-state index in [2.05, 4.69) is 20.9 Å². The van der Waals surface area contributed by atoms with Crippen molar-refractivity contribution in [1.29, 1.82) is 0 Å². The molecule has 0 heterocycles. The summed E-state index contributed by atoms with van der Waals surface area (Å²) < 4.78 is 10.8. The highest BCUT2D eigenvalue weighted by molar-refractivity contribution is 5.94. The van der Waals surface area contributed by atoms with Crippen LogP contribution in [0, 0.1) is 5.92 Å². The number of rotatable bonds is 11. The molecule has 2 aromatic carbocycles. The van der Waals surface area contributed by atoms with Crippen LogP contribution in [-0.2, 0) is 16.1 Å². The van der Waals surface area contributed by atoms with Gasteiger partial charge in [-0.1, -0.05) is 32.0 Å². The third-order valence-corrected chi connectivity index (χ3v) is 4.80. The number of anilines is 2. The molecule has 2 rings (SSSR count). The smallest absolute Gasteiger partial charge is 0.227 e. The molecule has 168 valence electrons. The lowest BCUT2D eigenvalue weighted by Gasteiger charge is -2.14. The molecule has 7 nitrogen and oxygen atoms in total. The first-order valence-electron chi connectivity index (χ1n) is 10.6. The van der Waals surface area contributed by atoms with Gasteiger partial charge in [0.25, 0.3) is 0 Å². The largest absolute Gasteiger partial charge is 0.493 e. The second-order valence-electron chi connectivity index (χ2n) is 7.27. The molecule has 0 aromatic heterocycles. The molecule has 1 amide bonds. The summed E-state index contributed by atoms with van der Waals surface area (Å²) >= 11 is 0. The van der Waals surface area contributed by atoms with Crippen molar-refractivity contribution >= 4 is 23.2 Å². The lowest BCUT2D eigenvalue weighted by molar-refractivity contribution is -0.119. The van der Waals surface area contributed by atoms with Gasteiger partial charge in [0.05, 0.1) is 6.61 Å². The van der Waals surface area contributed by atoms with Crippen LogP contribution in [-0.4, -0.2) is 39.2 Å². The number of ether oxygens (including phenoxy) is 2. The average Bonchev–Trinajstić information content (AvgIpc) is 2.79. The molecule has 0 saturated carbocycles. The molecular weight excluding hydrogens is 392 g/mol. The van der Waals surface area contributed by atoms with E-state index in [4.69, 9.17) is 9.47 Å². The molecule has 0 radical (unpaired) electrons.